The van der Waals surface area contributed by atoms with Crippen molar-refractivity contribution in [1.29, 1.82) is 0 Å². The minimum atomic E-state index is -0.0532. The summed E-state index contributed by atoms with van der Waals surface area (Å²) in [5.41, 5.74) is -0.0532. The first-order valence-corrected chi connectivity index (χ1v) is 4.32. The normalized spacial score (nSPS) is 15.7. The van der Waals surface area contributed by atoms with Crippen molar-refractivity contribution in [3.63, 3.8) is 0 Å². The van der Waals surface area contributed by atoms with Crippen molar-refractivity contribution < 1.29 is 4.74 Å². The maximum Gasteiger partial charge on any atom is 0.247 e. The average Bonchev–Trinajstić information content (AvgIpc) is 2.22. The smallest absolute Gasteiger partial charge is 0.247 e. The van der Waals surface area contributed by atoms with Gasteiger partial charge < -0.3 is 15.0 Å². The molecule has 1 saturated heterocycles. The van der Waals surface area contributed by atoms with E-state index >= 15 is 0 Å². The molecule has 1 aromatic rings. The topological polar surface area (TPSA) is 54.1 Å². The van der Waals surface area contributed by atoms with Crippen molar-refractivity contribution in [2.75, 3.05) is 26.3 Å². The highest BCUT2D eigenvalue weighted by Crippen LogP contribution is 1.76. The van der Waals surface area contributed by atoms with Gasteiger partial charge in [-0.1, -0.05) is 6.07 Å². The van der Waals surface area contributed by atoms with Crippen LogP contribution >= 0.6 is 0 Å². The van der Waals surface area contributed by atoms with Crippen LogP contribution in [-0.4, -0.2) is 31.3 Å². The van der Waals surface area contributed by atoms with Gasteiger partial charge in [0.05, 0.1) is 13.2 Å². The molecule has 0 bridgehead atoms. The van der Waals surface area contributed by atoms with E-state index in [-0.39, 0.29) is 5.56 Å². The molecule has 4 nitrogen and oxygen atoms in total. The van der Waals surface area contributed by atoms with Crippen molar-refractivity contribution in [3.8, 4) is 0 Å². The van der Waals surface area contributed by atoms with Crippen LogP contribution < -0.4 is 10.9 Å². The molecule has 2 rings (SSSR count). The average molecular weight is 182 g/mol. The number of aromatic amines is 1. The zero-order chi connectivity index (χ0) is 9.36. The molecule has 1 fully saturated rings. The lowest BCUT2D eigenvalue weighted by Gasteiger charge is -2.10. The third kappa shape index (κ3) is 5.16. The Labute approximate surface area is 76.9 Å². The molecule has 0 amide bonds. The first-order valence-electron chi connectivity index (χ1n) is 4.32. The number of aromatic nitrogens is 1. The summed E-state index contributed by atoms with van der Waals surface area (Å²) >= 11 is 0. The summed E-state index contributed by atoms with van der Waals surface area (Å²) < 4.78 is 5.01. The Morgan fingerprint density at radius 3 is 2.23 bits per heavy atom. The molecule has 72 valence electrons. The van der Waals surface area contributed by atoms with Crippen molar-refractivity contribution in [3.05, 3.63) is 34.7 Å². The van der Waals surface area contributed by atoms with E-state index in [0.29, 0.717) is 0 Å². The summed E-state index contributed by atoms with van der Waals surface area (Å²) in [5.74, 6) is 0. The summed E-state index contributed by atoms with van der Waals surface area (Å²) in [6, 6.07) is 4.93. The Morgan fingerprint density at radius 1 is 1.23 bits per heavy atom. The van der Waals surface area contributed by atoms with E-state index in [2.05, 4.69) is 10.3 Å². The molecule has 0 saturated carbocycles. The molecular formula is C9H14N2O2. The van der Waals surface area contributed by atoms with Crippen molar-refractivity contribution >= 4 is 0 Å². The Morgan fingerprint density at radius 2 is 2.00 bits per heavy atom. The Kier molecular flexibility index (Phi) is 4.90. The van der Waals surface area contributed by atoms with Gasteiger partial charge in [-0.3, -0.25) is 4.79 Å². The summed E-state index contributed by atoms with van der Waals surface area (Å²) in [6.45, 7) is 3.83. The molecular weight excluding hydrogens is 168 g/mol. The summed E-state index contributed by atoms with van der Waals surface area (Å²) in [4.78, 5) is 12.7. The highest BCUT2D eigenvalue weighted by atomic mass is 16.5. The molecule has 2 heterocycles. The van der Waals surface area contributed by atoms with E-state index < -0.39 is 0 Å². The third-order valence-electron chi connectivity index (χ3n) is 1.53. The lowest BCUT2D eigenvalue weighted by atomic mass is 10.5. The predicted molar refractivity (Wildman–Crippen MR) is 50.8 cm³/mol. The van der Waals surface area contributed by atoms with Crippen LogP contribution in [0.3, 0.4) is 0 Å². The van der Waals surface area contributed by atoms with Gasteiger partial charge in [0.25, 0.3) is 0 Å². The highest BCUT2D eigenvalue weighted by Gasteiger charge is 1.92. The monoisotopic (exact) mass is 182 g/mol. The van der Waals surface area contributed by atoms with Crippen LogP contribution in [0.25, 0.3) is 0 Å². The van der Waals surface area contributed by atoms with Crippen LogP contribution in [0.5, 0.6) is 0 Å². The van der Waals surface area contributed by atoms with E-state index in [4.69, 9.17) is 4.74 Å². The van der Waals surface area contributed by atoms with Crippen molar-refractivity contribution in [2.45, 2.75) is 0 Å². The maximum atomic E-state index is 10.2. The molecule has 1 aromatic heterocycles. The molecule has 0 aliphatic carbocycles. The SMILES string of the molecule is C1COCCN1.O=c1cccc[nH]1. The lowest BCUT2D eigenvalue weighted by Crippen LogP contribution is -2.30. The summed E-state index contributed by atoms with van der Waals surface area (Å²) in [7, 11) is 0. The van der Waals surface area contributed by atoms with Gasteiger partial charge in [0.15, 0.2) is 0 Å². The Hall–Kier alpha value is -1.13. The zero-order valence-corrected chi connectivity index (χ0v) is 7.45. The maximum absolute atomic E-state index is 10.2. The number of hydrogen-bond donors (Lipinski definition) is 2. The second-order valence-electron chi connectivity index (χ2n) is 2.59. The number of pyridine rings is 1. The van der Waals surface area contributed by atoms with Gasteiger partial charge in [-0.2, -0.15) is 0 Å². The predicted octanol–water partition coefficient (Wildman–Crippen LogP) is -0.0189. The Balaban J connectivity index is 0.000000132. The van der Waals surface area contributed by atoms with Gasteiger partial charge in [0.1, 0.15) is 0 Å². The largest absolute Gasteiger partial charge is 0.379 e. The fourth-order valence-corrected chi connectivity index (χ4v) is 0.893. The zero-order valence-electron chi connectivity index (χ0n) is 7.45. The number of morpholine rings is 1. The number of nitrogens with one attached hydrogen (secondary N) is 2. The molecule has 1 aliphatic heterocycles. The van der Waals surface area contributed by atoms with E-state index in [1.54, 1.807) is 18.3 Å². The number of hydrogen-bond acceptors (Lipinski definition) is 3. The fourth-order valence-electron chi connectivity index (χ4n) is 0.893. The first-order chi connectivity index (χ1) is 6.39. The molecule has 4 heteroatoms. The van der Waals surface area contributed by atoms with Crippen LogP contribution in [0.4, 0.5) is 0 Å². The van der Waals surface area contributed by atoms with Crippen LogP contribution in [0, 0.1) is 0 Å². The number of rotatable bonds is 0. The molecule has 0 atom stereocenters. The molecule has 13 heavy (non-hydrogen) atoms. The highest BCUT2D eigenvalue weighted by molar-refractivity contribution is 4.89. The quantitative estimate of drug-likeness (QED) is 0.593. The van der Waals surface area contributed by atoms with Crippen LogP contribution in [0.2, 0.25) is 0 Å². The van der Waals surface area contributed by atoms with Crippen LogP contribution in [-0.2, 0) is 4.74 Å². The second kappa shape index (κ2) is 6.39. The van der Waals surface area contributed by atoms with Gasteiger partial charge in [-0.05, 0) is 6.07 Å². The van der Waals surface area contributed by atoms with Gasteiger partial charge >= 0.3 is 0 Å². The van der Waals surface area contributed by atoms with Crippen molar-refractivity contribution in [1.82, 2.24) is 10.3 Å². The standard InChI is InChI=1S/C5H5NO.C4H9NO/c7-5-3-1-2-4-6-5;1-3-6-4-2-5-1/h1-4H,(H,6,7);5H,1-4H2. The fraction of sp³-hybridized carbons (Fsp3) is 0.444. The van der Waals surface area contributed by atoms with Gasteiger partial charge in [-0.25, -0.2) is 0 Å². The first kappa shape index (κ1) is 9.95. The lowest BCUT2D eigenvalue weighted by molar-refractivity contribution is 0.109. The molecule has 0 unspecified atom stereocenters. The van der Waals surface area contributed by atoms with E-state index in [9.17, 15) is 4.79 Å². The minimum Gasteiger partial charge on any atom is -0.379 e. The molecule has 0 radical (unpaired) electrons. The molecule has 0 aromatic carbocycles. The third-order valence-corrected chi connectivity index (χ3v) is 1.53. The second-order valence-corrected chi connectivity index (χ2v) is 2.59. The summed E-state index contributed by atoms with van der Waals surface area (Å²) in [5, 5.41) is 3.16. The van der Waals surface area contributed by atoms with Gasteiger partial charge in [0.2, 0.25) is 5.56 Å². The van der Waals surface area contributed by atoms with Crippen LogP contribution in [0.15, 0.2) is 29.2 Å². The van der Waals surface area contributed by atoms with Gasteiger partial charge in [0, 0.05) is 25.4 Å². The van der Waals surface area contributed by atoms with E-state index in [0.717, 1.165) is 26.3 Å². The van der Waals surface area contributed by atoms with Crippen molar-refractivity contribution in [2.24, 2.45) is 0 Å². The van der Waals surface area contributed by atoms with Gasteiger partial charge in [-0.15, -0.1) is 0 Å². The molecule has 1 aliphatic rings. The summed E-state index contributed by atoms with van der Waals surface area (Å²) in [6.07, 6.45) is 1.60. The number of ether oxygens (including phenoxy) is 1. The van der Waals surface area contributed by atoms with Crippen LogP contribution in [0.1, 0.15) is 0 Å². The number of H-pyrrole nitrogens is 1. The van der Waals surface area contributed by atoms with E-state index in [1.807, 2.05) is 0 Å². The minimum absolute atomic E-state index is 0.0532. The van der Waals surface area contributed by atoms with E-state index in [1.165, 1.54) is 6.07 Å². The molecule has 0 spiro atoms. The Bertz CT molecular complexity index is 239. The molecule has 2 N–H and O–H groups in total.